The molecule has 2 unspecified atom stereocenters. The quantitative estimate of drug-likeness (QED) is 0.753. The van der Waals surface area contributed by atoms with Crippen LogP contribution in [0.5, 0.6) is 5.75 Å². The maximum atomic E-state index is 13.5. The minimum Gasteiger partial charge on any atom is -0.476 e. The number of rotatable bonds is 5. The maximum Gasteiger partial charge on any atom is 0.264 e. The Hall–Kier alpha value is -2.54. The van der Waals surface area contributed by atoms with Gasteiger partial charge < -0.3 is 10.1 Å². The fraction of sp³-hybridized carbons (Fsp3) is 0.458. The standard InChI is InChI=1S/C24H32N2O4S/c1-16(2)17(3)25-23(27)22-15-26(31(28,29)19-10-8-7-9-11-19)20-14-18(24(4,5)6)12-13-21(20)30-22/h7-14,16-17,22H,15H2,1-6H3,(H,25,27). The summed E-state index contributed by atoms with van der Waals surface area (Å²) in [5.41, 5.74) is 1.27. The summed E-state index contributed by atoms with van der Waals surface area (Å²) in [4.78, 5) is 13.1. The topological polar surface area (TPSA) is 75.7 Å². The molecule has 1 amide bonds. The normalized spacial score (nSPS) is 17.6. The number of hydrogen-bond acceptors (Lipinski definition) is 4. The van der Waals surface area contributed by atoms with E-state index in [0.717, 1.165) is 5.56 Å². The minimum absolute atomic E-state index is 0.0556. The largest absolute Gasteiger partial charge is 0.476 e. The number of nitrogens with one attached hydrogen (secondary N) is 1. The van der Waals surface area contributed by atoms with Crippen LogP contribution in [0, 0.1) is 5.92 Å². The molecule has 6 nitrogen and oxygen atoms in total. The van der Waals surface area contributed by atoms with Crippen molar-refractivity contribution in [3.63, 3.8) is 0 Å². The van der Waals surface area contributed by atoms with Gasteiger partial charge in [0.2, 0.25) is 0 Å². The highest BCUT2D eigenvalue weighted by Gasteiger charge is 2.38. The van der Waals surface area contributed by atoms with Crippen molar-refractivity contribution in [1.82, 2.24) is 5.32 Å². The van der Waals surface area contributed by atoms with Gasteiger partial charge in [0.05, 0.1) is 17.1 Å². The van der Waals surface area contributed by atoms with Gasteiger partial charge in [-0.3, -0.25) is 9.10 Å². The molecule has 0 fully saturated rings. The third-order valence-electron chi connectivity index (χ3n) is 5.69. The third-order valence-corrected chi connectivity index (χ3v) is 7.48. The first-order valence-electron chi connectivity index (χ1n) is 10.6. The van der Waals surface area contributed by atoms with Crippen molar-refractivity contribution in [1.29, 1.82) is 0 Å². The van der Waals surface area contributed by atoms with Gasteiger partial charge in [0.15, 0.2) is 6.10 Å². The summed E-state index contributed by atoms with van der Waals surface area (Å²) in [6, 6.07) is 13.7. The molecule has 3 rings (SSSR count). The lowest BCUT2D eigenvalue weighted by molar-refractivity contribution is -0.128. The van der Waals surface area contributed by atoms with Gasteiger partial charge in [0.25, 0.3) is 15.9 Å². The molecule has 2 aromatic carbocycles. The first-order valence-corrected chi connectivity index (χ1v) is 12.0. The number of carbonyl (C=O) groups excluding carboxylic acids is 1. The lowest BCUT2D eigenvalue weighted by Gasteiger charge is -2.36. The van der Waals surface area contributed by atoms with Crippen LogP contribution in [0.1, 0.15) is 47.1 Å². The third kappa shape index (κ3) is 4.87. The number of amides is 1. The molecule has 2 aromatic rings. The van der Waals surface area contributed by atoms with E-state index in [-0.39, 0.29) is 34.7 Å². The maximum absolute atomic E-state index is 13.5. The smallest absolute Gasteiger partial charge is 0.264 e. The summed E-state index contributed by atoms with van der Waals surface area (Å²) >= 11 is 0. The Labute approximate surface area is 185 Å². The van der Waals surface area contributed by atoms with Gasteiger partial charge >= 0.3 is 0 Å². The second-order valence-electron chi connectivity index (χ2n) is 9.43. The monoisotopic (exact) mass is 444 g/mol. The second kappa shape index (κ2) is 8.54. The van der Waals surface area contributed by atoms with Gasteiger partial charge in [-0.05, 0) is 48.1 Å². The molecular weight excluding hydrogens is 412 g/mol. The van der Waals surface area contributed by atoms with Gasteiger partial charge in [-0.2, -0.15) is 0 Å². The van der Waals surface area contributed by atoms with Crippen LogP contribution in [0.4, 0.5) is 5.69 Å². The minimum atomic E-state index is -3.88. The zero-order valence-electron chi connectivity index (χ0n) is 19.0. The first kappa shape index (κ1) is 23.1. The highest BCUT2D eigenvalue weighted by Crippen LogP contribution is 2.40. The van der Waals surface area contributed by atoms with Crippen molar-refractivity contribution >= 4 is 21.6 Å². The molecule has 1 aliphatic heterocycles. The summed E-state index contributed by atoms with van der Waals surface area (Å²) < 4.78 is 34.4. The molecule has 0 bridgehead atoms. The SMILES string of the molecule is CC(C)C(C)NC(=O)C1CN(S(=O)(=O)c2ccccc2)c2cc(C(C)(C)C)ccc2O1. The van der Waals surface area contributed by atoms with Gasteiger partial charge in [0.1, 0.15) is 5.75 Å². The fourth-order valence-corrected chi connectivity index (χ4v) is 4.77. The van der Waals surface area contributed by atoms with Crippen LogP contribution < -0.4 is 14.4 Å². The molecule has 1 heterocycles. The molecule has 0 spiro atoms. The molecule has 0 saturated heterocycles. The molecule has 1 N–H and O–H groups in total. The lowest BCUT2D eigenvalue weighted by Crippen LogP contribution is -2.52. The number of anilines is 1. The van der Waals surface area contributed by atoms with Crippen LogP contribution >= 0.6 is 0 Å². The van der Waals surface area contributed by atoms with E-state index >= 15 is 0 Å². The van der Waals surface area contributed by atoms with Crippen LogP contribution in [-0.4, -0.2) is 33.0 Å². The van der Waals surface area contributed by atoms with E-state index in [1.165, 1.54) is 4.31 Å². The van der Waals surface area contributed by atoms with E-state index in [0.29, 0.717) is 11.4 Å². The van der Waals surface area contributed by atoms with Crippen molar-refractivity contribution in [3.8, 4) is 5.75 Å². The molecule has 0 radical (unpaired) electrons. The molecule has 0 saturated carbocycles. The Morgan fingerprint density at radius 1 is 1.10 bits per heavy atom. The lowest BCUT2D eigenvalue weighted by atomic mass is 9.86. The predicted octanol–water partition coefficient (Wildman–Crippen LogP) is 4.10. The molecule has 168 valence electrons. The van der Waals surface area contributed by atoms with E-state index in [1.54, 1.807) is 36.4 Å². The zero-order valence-corrected chi connectivity index (χ0v) is 19.9. The number of hydrogen-bond donors (Lipinski definition) is 1. The number of ether oxygens (including phenoxy) is 1. The average Bonchev–Trinajstić information content (AvgIpc) is 2.72. The van der Waals surface area contributed by atoms with Crippen molar-refractivity contribution in [2.75, 3.05) is 10.8 Å². The van der Waals surface area contributed by atoms with Crippen molar-refractivity contribution in [3.05, 3.63) is 54.1 Å². The number of carbonyl (C=O) groups is 1. The van der Waals surface area contributed by atoms with Gasteiger partial charge in [-0.1, -0.05) is 58.9 Å². The van der Waals surface area contributed by atoms with E-state index < -0.39 is 16.1 Å². The van der Waals surface area contributed by atoms with E-state index in [2.05, 4.69) is 26.1 Å². The summed E-state index contributed by atoms with van der Waals surface area (Å²) in [5, 5.41) is 2.94. The van der Waals surface area contributed by atoms with Crippen molar-refractivity contribution in [2.24, 2.45) is 5.92 Å². The molecule has 7 heteroatoms. The zero-order chi connectivity index (χ0) is 23.0. The Morgan fingerprint density at radius 3 is 2.32 bits per heavy atom. The van der Waals surface area contributed by atoms with E-state index in [1.807, 2.05) is 32.9 Å². The Morgan fingerprint density at radius 2 is 1.74 bits per heavy atom. The second-order valence-corrected chi connectivity index (χ2v) is 11.3. The fourth-order valence-electron chi connectivity index (χ4n) is 3.29. The van der Waals surface area contributed by atoms with E-state index in [4.69, 9.17) is 4.74 Å². The number of nitrogens with zero attached hydrogens (tertiary/aromatic N) is 1. The Bertz CT molecular complexity index is 1040. The molecule has 2 atom stereocenters. The van der Waals surface area contributed by atoms with Gasteiger partial charge in [-0.25, -0.2) is 8.42 Å². The Balaban J connectivity index is 2.06. The number of fused-ring (bicyclic) bond motifs is 1. The average molecular weight is 445 g/mol. The van der Waals surface area contributed by atoms with Crippen LogP contribution in [0.25, 0.3) is 0 Å². The van der Waals surface area contributed by atoms with Crippen LogP contribution in [0.15, 0.2) is 53.4 Å². The molecular formula is C24H32N2O4S. The molecule has 0 aromatic heterocycles. The van der Waals surface area contributed by atoms with E-state index in [9.17, 15) is 13.2 Å². The van der Waals surface area contributed by atoms with Crippen LogP contribution in [0.3, 0.4) is 0 Å². The molecule has 0 aliphatic carbocycles. The highest BCUT2D eigenvalue weighted by atomic mass is 32.2. The summed E-state index contributed by atoms with van der Waals surface area (Å²) in [6.45, 7) is 12.1. The summed E-state index contributed by atoms with van der Waals surface area (Å²) in [5.74, 6) is 0.314. The van der Waals surface area contributed by atoms with Crippen LogP contribution in [-0.2, 0) is 20.2 Å². The molecule has 1 aliphatic rings. The molecule has 31 heavy (non-hydrogen) atoms. The summed E-state index contributed by atoms with van der Waals surface area (Å²) in [7, 11) is -3.88. The Kier molecular flexibility index (Phi) is 6.37. The van der Waals surface area contributed by atoms with Crippen molar-refractivity contribution < 1.29 is 17.9 Å². The number of sulfonamides is 1. The van der Waals surface area contributed by atoms with Gasteiger partial charge in [0, 0.05) is 6.04 Å². The van der Waals surface area contributed by atoms with Gasteiger partial charge in [-0.15, -0.1) is 0 Å². The van der Waals surface area contributed by atoms with Crippen molar-refractivity contribution in [2.45, 2.75) is 64.0 Å². The van der Waals surface area contributed by atoms with Crippen LogP contribution in [0.2, 0.25) is 0 Å². The highest BCUT2D eigenvalue weighted by molar-refractivity contribution is 7.92. The number of benzene rings is 2. The predicted molar refractivity (Wildman–Crippen MR) is 123 cm³/mol. The summed E-state index contributed by atoms with van der Waals surface area (Å²) in [6.07, 6.45) is -0.937. The first-order chi connectivity index (χ1) is 14.4.